The lowest BCUT2D eigenvalue weighted by Crippen LogP contribution is -2.30. The highest BCUT2D eigenvalue weighted by Gasteiger charge is 2.32. The molecule has 1 aliphatic rings. The van der Waals surface area contributed by atoms with Gasteiger partial charge in [0.2, 0.25) is 0 Å². The van der Waals surface area contributed by atoms with Crippen LogP contribution in [0.4, 0.5) is 0 Å². The van der Waals surface area contributed by atoms with Crippen molar-refractivity contribution >= 4 is 59.9 Å². The summed E-state index contributed by atoms with van der Waals surface area (Å²) in [5.41, 5.74) is 1.20. The maximum atomic E-state index is 12.6. The molecule has 0 radical (unpaired) electrons. The predicted molar refractivity (Wildman–Crippen MR) is 149 cm³/mol. The van der Waals surface area contributed by atoms with Gasteiger partial charge in [-0.1, -0.05) is 12.1 Å². The Balaban J connectivity index is 1.40. The molecule has 0 aliphatic heterocycles. The standard InChI is InChI=1S/C26H32O4S4/c1-32-16-17-34-24-12-10-23(11-13-24)30-26(28)21-6-4-20(5-7-21)25(27)29-22-8-2-19(3-9-22)18-33-15-14-31/h2-3,8-13,20-21,31H,4-7,14-18H2,1H3/t20-,21-. The van der Waals surface area contributed by atoms with Crippen LogP contribution in [-0.4, -0.2) is 41.2 Å². The summed E-state index contributed by atoms with van der Waals surface area (Å²) in [6.45, 7) is 0. The minimum Gasteiger partial charge on any atom is -0.426 e. The second-order valence-electron chi connectivity index (χ2n) is 8.12. The van der Waals surface area contributed by atoms with Crippen molar-refractivity contribution in [3.05, 3.63) is 54.1 Å². The number of thioether (sulfide) groups is 3. The second kappa shape index (κ2) is 15.0. The van der Waals surface area contributed by atoms with Crippen molar-refractivity contribution in [2.45, 2.75) is 36.3 Å². The highest BCUT2D eigenvalue weighted by Crippen LogP contribution is 2.32. The molecule has 0 spiro atoms. The first-order valence-corrected chi connectivity index (χ1v) is 15.7. The van der Waals surface area contributed by atoms with Gasteiger partial charge in [-0.05, 0) is 79.7 Å². The van der Waals surface area contributed by atoms with Crippen molar-refractivity contribution < 1.29 is 19.1 Å². The third-order valence-electron chi connectivity index (χ3n) is 5.64. The van der Waals surface area contributed by atoms with Gasteiger partial charge in [-0.3, -0.25) is 9.59 Å². The number of hydrogen-bond donors (Lipinski definition) is 1. The number of benzene rings is 2. The molecule has 0 bridgehead atoms. The zero-order chi connectivity index (χ0) is 24.2. The minimum atomic E-state index is -0.210. The van der Waals surface area contributed by atoms with Gasteiger partial charge in [0.15, 0.2) is 0 Å². The molecule has 8 heteroatoms. The number of carbonyl (C=O) groups excluding carboxylic acids is 2. The summed E-state index contributed by atoms with van der Waals surface area (Å²) >= 11 is 9.68. The Bertz CT molecular complexity index is 819. The van der Waals surface area contributed by atoms with E-state index in [1.807, 2.05) is 72.1 Å². The fourth-order valence-electron chi connectivity index (χ4n) is 3.72. The van der Waals surface area contributed by atoms with E-state index in [0.717, 1.165) is 28.8 Å². The molecule has 0 unspecified atom stereocenters. The average Bonchev–Trinajstić information content (AvgIpc) is 2.86. The van der Waals surface area contributed by atoms with Gasteiger partial charge in [0, 0.05) is 27.9 Å². The van der Waals surface area contributed by atoms with Gasteiger partial charge < -0.3 is 9.47 Å². The van der Waals surface area contributed by atoms with Gasteiger partial charge in [-0.2, -0.15) is 36.2 Å². The zero-order valence-electron chi connectivity index (χ0n) is 19.4. The van der Waals surface area contributed by atoms with Crippen LogP contribution in [0.25, 0.3) is 0 Å². The minimum absolute atomic E-state index is 0.172. The van der Waals surface area contributed by atoms with E-state index < -0.39 is 0 Å². The van der Waals surface area contributed by atoms with Crippen LogP contribution < -0.4 is 9.47 Å². The monoisotopic (exact) mass is 536 g/mol. The zero-order valence-corrected chi connectivity index (χ0v) is 22.8. The smallest absolute Gasteiger partial charge is 0.314 e. The quantitative estimate of drug-likeness (QED) is 0.108. The third kappa shape index (κ3) is 9.10. The molecule has 1 aliphatic carbocycles. The molecule has 0 N–H and O–H groups in total. The van der Waals surface area contributed by atoms with Crippen molar-refractivity contribution in [1.29, 1.82) is 0 Å². The van der Waals surface area contributed by atoms with Gasteiger partial charge in [-0.25, -0.2) is 0 Å². The molecule has 0 aromatic heterocycles. The van der Waals surface area contributed by atoms with Crippen molar-refractivity contribution in [1.82, 2.24) is 0 Å². The molecule has 2 aromatic carbocycles. The molecular formula is C26H32O4S4. The van der Waals surface area contributed by atoms with E-state index in [-0.39, 0.29) is 23.8 Å². The number of thiol groups is 1. The van der Waals surface area contributed by atoms with Gasteiger partial charge >= 0.3 is 11.9 Å². The molecule has 0 atom stereocenters. The molecule has 1 fully saturated rings. The molecule has 0 saturated heterocycles. The van der Waals surface area contributed by atoms with E-state index in [0.29, 0.717) is 37.2 Å². The molecule has 0 amide bonds. The number of carbonyl (C=O) groups is 2. The lowest BCUT2D eigenvalue weighted by atomic mass is 9.82. The Morgan fingerprint density at radius 2 is 1.35 bits per heavy atom. The van der Waals surface area contributed by atoms with Crippen LogP contribution in [0, 0.1) is 11.8 Å². The van der Waals surface area contributed by atoms with Crippen LogP contribution in [-0.2, 0) is 15.3 Å². The largest absolute Gasteiger partial charge is 0.426 e. The van der Waals surface area contributed by atoms with E-state index in [1.54, 1.807) is 11.8 Å². The molecule has 34 heavy (non-hydrogen) atoms. The van der Waals surface area contributed by atoms with Crippen molar-refractivity contribution in [2.75, 3.05) is 29.3 Å². The van der Waals surface area contributed by atoms with E-state index in [4.69, 9.17) is 9.47 Å². The fourth-order valence-corrected chi connectivity index (χ4v) is 6.37. The predicted octanol–water partition coefficient (Wildman–Crippen LogP) is 6.62. The first-order valence-electron chi connectivity index (χ1n) is 11.5. The van der Waals surface area contributed by atoms with Gasteiger partial charge in [0.05, 0.1) is 11.8 Å². The van der Waals surface area contributed by atoms with Crippen molar-refractivity contribution in [3.8, 4) is 11.5 Å². The van der Waals surface area contributed by atoms with Gasteiger partial charge in [0.25, 0.3) is 0 Å². The van der Waals surface area contributed by atoms with Gasteiger partial charge in [-0.15, -0.1) is 11.8 Å². The van der Waals surface area contributed by atoms with E-state index in [1.165, 1.54) is 10.5 Å². The Kier molecular flexibility index (Phi) is 12.1. The molecule has 4 nitrogen and oxygen atoms in total. The van der Waals surface area contributed by atoms with Crippen LogP contribution in [0.15, 0.2) is 53.4 Å². The van der Waals surface area contributed by atoms with Crippen LogP contribution in [0.3, 0.4) is 0 Å². The van der Waals surface area contributed by atoms with Crippen LogP contribution in [0.1, 0.15) is 31.2 Å². The number of ether oxygens (including phenoxy) is 2. The fraction of sp³-hybridized carbons (Fsp3) is 0.462. The number of rotatable bonds is 12. The Morgan fingerprint density at radius 3 is 1.85 bits per heavy atom. The van der Waals surface area contributed by atoms with Gasteiger partial charge in [0.1, 0.15) is 11.5 Å². The molecule has 3 rings (SSSR count). The average molecular weight is 537 g/mol. The van der Waals surface area contributed by atoms with Crippen molar-refractivity contribution in [3.63, 3.8) is 0 Å². The summed E-state index contributed by atoms with van der Waals surface area (Å²) in [6, 6.07) is 15.4. The van der Waals surface area contributed by atoms with E-state index in [2.05, 4.69) is 18.9 Å². The van der Waals surface area contributed by atoms with Crippen LogP contribution in [0.2, 0.25) is 0 Å². The first-order chi connectivity index (χ1) is 16.6. The third-order valence-corrected chi connectivity index (χ3v) is 9.08. The summed E-state index contributed by atoms with van der Waals surface area (Å²) in [5.74, 6) is 5.37. The summed E-state index contributed by atoms with van der Waals surface area (Å²) in [5, 5.41) is 0. The summed E-state index contributed by atoms with van der Waals surface area (Å²) in [4.78, 5) is 26.4. The lowest BCUT2D eigenvalue weighted by Gasteiger charge is -2.25. The Morgan fingerprint density at radius 1 is 0.824 bits per heavy atom. The molecule has 0 heterocycles. The van der Waals surface area contributed by atoms with E-state index >= 15 is 0 Å². The maximum absolute atomic E-state index is 12.6. The lowest BCUT2D eigenvalue weighted by molar-refractivity contribution is -0.145. The maximum Gasteiger partial charge on any atom is 0.314 e. The first kappa shape index (κ1) is 27.4. The molecule has 184 valence electrons. The van der Waals surface area contributed by atoms with Crippen molar-refractivity contribution in [2.24, 2.45) is 11.8 Å². The SMILES string of the molecule is CSCCSc1ccc(OC(=O)[C@H]2CC[C@H](C(=O)Oc3ccc(CSCCS)cc3)CC2)cc1. The Labute approximate surface area is 221 Å². The highest BCUT2D eigenvalue weighted by molar-refractivity contribution is 8.02. The second-order valence-corrected chi connectivity index (χ2v) is 11.8. The van der Waals surface area contributed by atoms with E-state index in [9.17, 15) is 9.59 Å². The summed E-state index contributed by atoms with van der Waals surface area (Å²) in [7, 11) is 0. The summed E-state index contributed by atoms with van der Waals surface area (Å²) in [6.07, 6.45) is 4.67. The highest BCUT2D eigenvalue weighted by atomic mass is 32.2. The van der Waals surface area contributed by atoms with Crippen LogP contribution in [0.5, 0.6) is 11.5 Å². The summed E-state index contributed by atoms with van der Waals surface area (Å²) < 4.78 is 11.2. The normalized spacial score (nSPS) is 17.8. The Hall–Kier alpha value is -1.22. The topological polar surface area (TPSA) is 52.6 Å². The number of esters is 2. The molecule has 2 aromatic rings. The molecular weight excluding hydrogens is 505 g/mol. The number of hydrogen-bond acceptors (Lipinski definition) is 8. The van der Waals surface area contributed by atoms with Crippen LogP contribution >= 0.6 is 47.9 Å². The molecule has 1 saturated carbocycles.